The van der Waals surface area contributed by atoms with Gasteiger partial charge >= 0.3 is 0 Å². The van der Waals surface area contributed by atoms with Crippen LogP contribution in [0.15, 0.2) is 41.8 Å². The van der Waals surface area contributed by atoms with Crippen molar-refractivity contribution in [1.82, 2.24) is 25.2 Å². The van der Waals surface area contributed by atoms with E-state index in [0.717, 1.165) is 37.8 Å². The van der Waals surface area contributed by atoms with Gasteiger partial charge in [0.2, 0.25) is 0 Å². The zero-order chi connectivity index (χ0) is 19.9. The summed E-state index contributed by atoms with van der Waals surface area (Å²) in [5.74, 6) is 2.42. The van der Waals surface area contributed by atoms with Crippen molar-refractivity contribution >= 4 is 16.9 Å². The quantitative estimate of drug-likeness (QED) is 0.413. The van der Waals surface area contributed by atoms with E-state index in [1.165, 1.54) is 22.0 Å². The summed E-state index contributed by atoms with van der Waals surface area (Å²) in [5, 5.41) is 8.12. The number of hydrogen-bond acceptors (Lipinski definition) is 2. The number of aryl methyl sites for hydroxylation is 1. The third kappa shape index (κ3) is 4.94. The van der Waals surface area contributed by atoms with Crippen molar-refractivity contribution in [3.8, 4) is 0 Å². The van der Waals surface area contributed by atoms with Gasteiger partial charge in [0.15, 0.2) is 5.96 Å². The van der Waals surface area contributed by atoms with E-state index in [-0.39, 0.29) is 0 Å². The third-order valence-electron chi connectivity index (χ3n) is 4.77. The number of hydrogen-bond donors (Lipinski definition) is 3. The largest absolute Gasteiger partial charge is 0.361 e. The SMILES string of the molecule is CCNC(=NCc1nccn1CC(C)C)NCCc1c[nH]c2cccc(C)c12. The molecule has 0 spiro atoms. The van der Waals surface area contributed by atoms with Crippen LogP contribution in [0.5, 0.6) is 0 Å². The molecule has 0 fully saturated rings. The van der Waals surface area contributed by atoms with Crippen LogP contribution in [-0.4, -0.2) is 33.6 Å². The van der Waals surface area contributed by atoms with Crippen molar-refractivity contribution in [2.75, 3.05) is 13.1 Å². The predicted molar refractivity (Wildman–Crippen MR) is 117 cm³/mol. The number of benzene rings is 1. The number of aromatic amines is 1. The summed E-state index contributed by atoms with van der Waals surface area (Å²) in [5.41, 5.74) is 3.85. The maximum Gasteiger partial charge on any atom is 0.191 e. The molecule has 0 unspecified atom stereocenters. The molecule has 0 aliphatic rings. The smallest absolute Gasteiger partial charge is 0.191 e. The summed E-state index contributed by atoms with van der Waals surface area (Å²) in [6.45, 7) is 11.9. The fourth-order valence-electron chi connectivity index (χ4n) is 3.51. The van der Waals surface area contributed by atoms with E-state index in [2.05, 4.69) is 77.3 Å². The van der Waals surface area contributed by atoms with Crippen LogP contribution in [0.4, 0.5) is 0 Å². The Morgan fingerprint density at radius 3 is 2.93 bits per heavy atom. The number of imidazole rings is 1. The number of aliphatic imine (C=N–C) groups is 1. The average molecular weight is 381 g/mol. The molecule has 0 aliphatic carbocycles. The molecule has 0 bridgehead atoms. The van der Waals surface area contributed by atoms with Crippen molar-refractivity contribution in [1.29, 1.82) is 0 Å². The summed E-state index contributed by atoms with van der Waals surface area (Å²) in [7, 11) is 0. The third-order valence-corrected chi connectivity index (χ3v) is 4.77. The standard InChI is InChI=1S/C22H32N6/c1-5-23-22(27-14-20-24-11-12-28(20)15-16(2)3)25-10-9-18-13-26-19-8-6-7-17(4)21(18)19/h6-8,11-13,16,26H,5,9-10,14-15H2,1-4H3,(H2,23,25,27). The Bertz CT molecular complexity index is 918. The van der Waals surface area contributed by atoms with Gasteiger partial charge in [-0.05, 0) is 43.4 Å². The molecule has 2 heterocycles. The number of rotatable bonds is 8. The highest BCUT2D eigenvalue weighted by Crippen LogP contribution is 2.22. The molecule has 0 saturated heterocycles. The van der Waals surface area contributed by atoms with Crippen LogP contribution in [0.1, 0.15) is 37.7 Å². The molecule has 3 aromatic rings. The summed E-state index contributed by atoms with van der Waals surface area (Å²) < 4.78 is 2.19. The molecule has 28 heavy (non-hydrogen) atoms. The van der Waals surface area contributed by atoms with Crippen LogP contribution in [-0.2, 0) is 19.5 Å². The second-order valence-corrected chi connectivity index (χ2v) is 7.57. The molecule has 6 heteroatoms. The van der Waals surface area contributed by atoms with Gasteiger partial charge in [-0.25, -0.2) is 9.98 Å². The Hall–Kier alpha value is -2.76. The zero-order valence-corrected chi connectivity index (χ0v) is 17.4. The van der Waals surface area contributed by atoms with Gasteiger partial charge in [0.1, 0.15) is 12.4 Å². The average Bonchev–Trinajstić information content (AvgIpc) is 3.27. The van der Waals surface area contributed by atoms with Crippen molar-refractivity contribution in [2.45, 2.75) is 47.2 Å². The molecule has 0 aliphatic heterocycles. The van der Waals surface area contributed by atoms with Gasteiger partial charge in [0.05, 0.1) is 0 Å². The highest BCUT2D eigenvalue weighted by molar-refractivity contribution is 5.86. The minimum absolute atomic E-state index is 0.571. The van der Waals surface area contributed by atoms with E-state index < -0.39 is 0 Å². The number of guanidine groups is 1. The van der Waals surface area contributed by atoms with Gasteiger partial charge in [0, 0.05) is 49.1 Å². The minimum atomic E-state index is 0.571. The van der Waals surface area contributed by atoms with Crippen molar-refractivity contribution in [2.24, 2.45) is 10.9 Å². The first-order valence-electron chi connectivity index (χ1n) is 10.2. The fraction of sp³-hybridized carbons (Fsp3) is 0.455. The van der Waals surface area contributed by atoms with Gasteiger partial charge in [-0.2, -0.15) is 0 Å². The Balaban J connectivity index is 1.61. The molecule has 0 atom stereocenters. The molecule has 1 aromatic carbocycles. The van der Waals surface area contributed by atoms with Crippen LogP contribution in [0, 0.1) is 12.8 Å². The molecule has 6 nitrogen and oxygen atoms in total. The Morgan fingerprint density at radius 2 is 2.14 bits per heavy atom. The summed E-state index contributed by atoms with van der Waals surface area (Å²) in [6.07, 6.45) is 6.95. The van der Waals surface area contributed by atoms with Gasteiger partial charge in [-0.15, -0.1) is 0 Å². The zero-order valence-electron chi connectivity index (χ0n) is 17.4. The predicted octanol–water partition coefficient (Wildman–Crippen LogP) is 3.63. The van der Waals surface area contributed by atoms with Gasteiger partial charge in [-0.1, -0.05) is 26.0 Å². The fourth-order valence-corrected chi connectivity index (χ4v) is 3.51. The lowest BCUT2D eigenvalue weighted by atomic mass is 10.1. The lowest BCUT2D eigenvalue weighted by Gasteiger charge is -2.12. The van der Waals surface area contributed by atoms with Gasteiger partial charge < -0.3 is 20.2 Å². The van der Waals surface area contributed by atoms with E-state index in [0.29, 0.717) is 12.5 Å². The van der Waals surface area contributed by atoms with E-state index in [4.69, 9.17) is 4.99 Å². The molecule has 0 amide bonds. The molecule has 2 aromatic heterocycles. The first-order valence-corrected chi connectivity index (χ1v) is 10.2. The van der Waals surface area contributed by atoms with Crippen molar-refractivity contribution in [3.63, 3.8) is 0 Å². The van der Waals surface area contributed by atoms with Crippen molar-refractivity contribution in [3.05, 3.63) is 53.7 Å². The van der Waals surface area contributed by atoms with Crippen LogP contribution < -0.4 is 10.6 Å². The number of H-pyrrole nitrogens is 1. The first-order chi connectivity index (χ1) is 13.6. The second kappa shape index (κ2) is 9.44. The lowest BCUT2D eigenvalue weighted by Crippen LogP contribution is -2.38. The van der Waals surface area contributed by atoms with Crippen LogP contribution in [0.3, 0.4) is 0 Å². The topological polar surface area (TPSA) is 70.0 Å². The minimum Gasteiger partial charge on any atom is -0.361 e. The summed E-state index contributed by atoms with van der Waals surface area (Å²) in [6, 6.07) is 6.39. The summed E-state index contributed by atoms with van der Waals surface area (Å²) in [4.78, 5) is 12.6. The number of nitrogens with one attached hydrogen (secondary N) is 3. The summed E-state index contributed by atoms with van der Waals surface area (Å²) >= 11 is 0. The molecule has 0 radical (unpaired) electrons. The van der Waals surface area contributed by atoms with Crippen molar-refractivity contribution < 1.29 is 0 Å². The van der Waals surface area contributed by atoms with Crippen LogP contribution in [0.2, 0.25) is 0 Å². The number of aromatic nitrogens is 3. The molecule has 3 N–H and O–H groups in total. The van der Waals surface area contributed by atoms with E-state index >= 15 is 0 Å². The van der Waals surface area contributed by atoms with Crippen LogP contribution in [0.25, 0.3) is 10.9 Å². The molecule has 3 rings (SSSR count). The second-order valence-electron chi connectivity index (χ2n) is 7.57. The van der Waals surface area contributed by atoms with Gasteiger partial charge in [-0.3, -0.25) is 0 Å². The molecule has 0 saturated carbocycles. The van der Waals surface area contributed by atoms with Crippen LogP contribution >= 0.6 is 0 Å². The molecule has 150 valence electrons. The highest BCUT2D eigenvalue weighted by Gasteiger charge is 2.07. The monoisotopic (exact) mass is 380 g/mol. The number of nitrogens with zero attached hydrogens (tertiary/aromatic N) is 3. The number of fused-ring (bicyclic) bond motifs is 1. The molecular formula is C22H32N6. The lowest BCUT2D eigenvalue weighted by molar-refractivity contribution is 0.507. The normalized spacial score (nSPS) is 12.1. The first kappa shape index (κ1) is 20.0. The Labute approximate surface area is 167 Å². The Kier molecular flexibility index (Phi) is 6.74. The molecular weight excluding hydrogens is 348 g/mol. The van der Waals surface area contributed by atoms with E-state index in [1.54, 1.807) is 0 Å². The van der Waals surface area contributed by atoms with Gasteiger partial charge in [0.25, 0.3) is 0 Å². The maximum absolute atomic E-state index is 4.73. The Morgan fingerprint density at radius 1 is 1.29 bits per heavy atom. The van der Waals surface area contributed by atoms with E-state index in [1.807, 2.05) is 12.4 Å². The highest BCUT2D eigenvalue weighted by atomic mass is 15.2. The maximum atomic E-state index is 4.73. The van der Waals surface area contributed by atoms with E-state index in [9.17, 15) is 0 Å².